The molecule has 4 nitrogen and oxygen atoms in total. The van der Waals surface area contributed by atoms with E-state index in [1.54, 1.807) is 6.26 Å². The molecule has 2 N–H and O–H groups in total. The van der Waals surface area contributed by atoms with Crippen LogP contribution < -0.4 is 10.1 Å². The van der Waals surface area contributed by atoms with E-state index in [4.69, 9.17) is 9.15 Å². The molecule has 2 rings (SSSR count). The minimum absolute atomic E-state index is 0.291. The third kappa shape index (κ3) is 4.92. The number of hydrogen-bond acceptors (Lipinski definition) is 4. The Bertz CT molecular complexity index is 517. The monoisotopic (exact) mass is 289 g/mol. The number of aliphatic hydroxyl groups is 1. The van der Waals surface area contributed by atoms with E-state index in [1.165, 1.54) is 0 Å². The van der Waals surface area contributed by atoms with E-state index in [0.29, 0.717) is 13.2 Å². The first kappa shape index (κ1) is 15.6. The van der Waals surface area contributed by atoms with Gasteiger partial charge in [0.05, 0.1) is 6.26 Å². The van der Waals surface area contributed by atoms with Gasteiger partial charge in [-0.15, -0.1) is 0 Å². The Morgan fingerprint density at radius 1 is 1.19 bits per heavy atom. The highest BCUT2D eigenvalue weighted by Crippen LogP contribution is 2.22. The fourth-order valence-corrected chi connectivity index (χ4v) is 2.20. The van der Waals surface area contributed by atoms with Crippen molar-refractivity contribution in [3.63, 3.8) is 0 Å². The average molecular weight is 289 g/mol. The van der Waals surface area contributed by atoms with Crippen molar-refractivity contribution in [2.45, 2.75) is 26.4 Å². The fourth-order valence-electron chi connectivity index (χ4n) is 2.20. The van der Waals surface area contributed by atoms with Crippen LogP contribution in [0, 0.1) is 13.8 Å². The Balaban J connectivity index is 1.66. The van der Waals surface area contributed by atoms with Crippen molar-refractivity contribution in [2.24, 2.45) is 0 Å². The fraction of sp³-hybridized carbons (Fsp3) is 0.412. The van der Waals surface area contributed by atoms with Gasteiger partial charge in [0.2, 0.25) is 0 Å². The first-order valence-corrected chi connectivity index (χ1v) is 7.27. The number of rotatable bonds is 8. The second-order valence-corrected chi connectivity index (χ2v) is 5.22. The molecule has 2 aromatic rings. The molecule has 1 unspecified atom stereocenters. The van der Waals surface area contributed by atoms with Crippen LogP contribution in [0.15, 0.2) is 41.0 Å². The molecular weight excluding hydrogens is 266 g/mol. The molecule has 1 heterocycles. The van der Waals surface area contributed by atoms with Gasteiger partial charge in [0.15, 0.2) is 0 Å². The summed E-state index contributed by atoms with van der Waals surface area (Å²) in [6.07, 6.45) is 1.96. The summed E-state index contributed by atoms with van der Waals surface area (Å²) in [5.41, 5.74) is 2.18. The van der Waals surface area contributed by atoms with Crippen LogP contribution in [0.2, 0.25) is 0 Å². The Kier molecular flexibility index (Phi) is 5.84. The van der Waals surface area contributed by atoms with Gasteiger partial charge in [-0.3, -0.25) is 0 Å². The second kappa shape index (κ2) is 7.86. The Morgan fingerprint density at radius 3 is 2.62 bits per heavy atom. The summed E-state index contributed by atoms with van der Waals surface area (Å²) < 4.78 is 11.0. The molecule has 0 aliphatic heterocycles. The molecule has 1 atom stereocenters. The summed E-state index contributed by atoms with van der Waals surface area (Å²) in [5.74, 6) is 1.82. The van der Waals surface area contributed by atoms with E-state index in [1.807, 2.05) is 44.2 Å². The lowest BCUT2D eigenvalue weighted by Crippen LogP contribution is -2.32. The molecule has 1 aromatic heterocycles. The molecule has 0 saturated heterocycles. The summed E-state index contributed by atoms with van der Waals surface area (Å²) in [6.45, 7) is 5.59. The highest BCUT2D eigenvalue weighted by molar-refractivity contribution is 5.39. The van der Waals surface area contributed by atoms with Crippen LogP contribution >= 0.6 is 0 Å². The average Bonchev–Trinajstić information content (AvgIpc) is 2.96. The van der Waals surface area contributed by atoms with Crippen molar-refractivity contribution in [2.75, 3.05) is 19.7 Å². The second-order valence-electron chi connectivity index (χ2n) is 5.22. The van der Waals surface area contributed by atoms with E-state index in [2.05, 4.69) is 5.32 Å². The first-order chi connectivity index (χ1) is 10.2. The zero-order valence-corrected chi connectivity index (χ0v) is 12.6. The lowest BCUT2D eigenvalue weighted by atomic mass is 10.1. The number of para-hydroxylation sites is 1. The Labute approximate surface area is 125 Å². The topological polar surface area (TPSA) is 54.6 Å². The maximum absolute atomic E-state index is 9.94. The third-order valence-corrected chi connectivity index (χ3v) is 3.34. The quantitative estimate of drug-likeness (QED) is 0.733. The number of ether oxygens (including phenoxy) is 1. The summed E-state index contributed by atoms with van der Waals surface area (Å²) in [4.78, 5) is 0. The minimum Gasteiger partial charge on any atom is -0.490 e. The van der Waals surface area contributed by atoms with Crippen LogP contribution in [-0.2, 0) is 6.42 Å². The molecule has 21 heavy (non-hydrogen) atoms. The molecule has 0 saturated carbocycles. The number of benzene rings is 1. The predicted octanol–water partition coefficient (Wildman–Crippen LogP) is 2.47. The molecule has 1 aromatic carbocycles. The molecule has 0 aliphatic carbocycles. The van der Waals surface area contributed by atoms with Gasteiger partial charge in [-0.25, -0.2) is 0 Å². The largest absolute Gasteiger partial charge is 0.490 e. The van der Waals surface area contributed by atoms with Crippen molar-refractivity contribution in [3.05, 3.63) is 53.5 Å². The van der Waals surface area contributed by atoms with Gasteiger partial charge >= 0.3 is 0 Å². The maximum Gasteiger partial charge on any atom is 0.125 e. The van der Waals surface area contributed by atoms with Crippen LogP contribution in [0.25, 0.3) is 0 Å². The van der Waals surface area contributed by atoms with Crippen LogP contribution in [-0.4, -0.2) is 30.9 Å². The lowest BCUT2D eigenvalue weighted by molar-refractivity contribution is 0.106. The zero-order valence-electron chi connectivity index (χ0n) is 12.6. The van der Waals surface area contributed by atoms with Crippen molar-refractivity contribution < 1.29 is 14.3 Å². The highest BCUT2D eigenvalue weighted by atomic mass is 16.5. The van der Waals surface area contributed by atoms with Crippen molar-refractivity contribution in [1.29, 1.82) is 0 Å². The standard InChI is InChI=1S/C17H23NO3/c1-13-5-3-6-14(2)17(13)21-12-15(19)11-18-9-8-16-7-4-10-20-16/h3-7,10,15,18-19H,8-9,11-12H2,1-2H3. The number of furan rings is 1. The number of hydrogen-bond donors (Lipinski definition) is 2. The lowest BCUT2D eigenvalue weighted by Gasteiger charge is -2.16. The van der Waals surface area contributed by atoms with Gasteiger partial charge in [0.25, 0.3) is 0 Å². The van der Waals surface area contributed by atoms with Gasteiger partial charge < -0.3 is 19.6 Å². The molecule has 0 radical (unpaired) electrons. The molecule has 114 valence electrons. The van der Waals surface area contributed by atoms with E-state index in [-0.39, 0.29) is 0 Å². The maximum atomic E-state index is 9.94. The van der Waals surface area contributed by atoms with Gasteiger partial charge in [0.1, 0.15) is 24.2 Å². The summed E-state index contributed by atoms with van der Waals surface area (Å²) in [7, 11) is 0. The van der Waals surface area contributed by atoms with Gasteiger partial charge in [-0.1, -0.05) is 18.2 Å². The van der Waals surface area contributed by atoms with Gasteiger partial charge in [-0.2, -0.15) is 0 Å². The normalized spacial score (nSPS) is 12.3. The van der Waals surface area contributed by atoms with Crippen molar-refractivity contribution >= 4 is 0 Å². The van der Waals surface area contributed by atoms with E-state index in [0.717, 1.165) is 35.6 Å². The summed E-state index contributed by atoms with van der Waals surface area (Å²) in [6, 6.07) is 9.85. The van der Waals surface area contributed by atoms with Crippen molar-refractivity contribution in [3.8, 4) is 5.75 Å². The molecule has 0 spiro atoms. The van der Waals surface area contributed by atoms with Gasteiger partial charge in [0, 0.05) is 19.5 Å². The van der Waals surface area contributed by atoms with Crippen LogP contribution in [0.5, 0.6) is 5.75 Å². The zero-order chi connectivity index (χ0) is 15.1. The van der Waals surface area contributed by atoms with Gasteiger partial charge in [-0.05, 0) is 37.1 Å². The molecular formula is C17H23NO3. The third-order valence-electron chi connectivity index (χ3n) is 3.34. The number of nitrogens with one attached hydrogen (secondary N) is 1. The van der Waals surface area contributed by atoms with Crippen LogP contribution in [0.3, 0.4) is 0 Å². The van der Waals surface area contributed by atoms with Crippen molar-refractivity contribution in [1.82, 2.24) is 5.32 Å². The molecule has 0 aliphatic rings. The molecule has 0 amide bonds. The van der Waals surface area contributed by atoms with Crippen LogP contribution in [0.1, 0.15) is 16.9 Å². The Morgan fingerprint density at radius 2 is 1.95 bits per heavy atom. The number of aliphatic hydroxyl groups excluding tert-OH is 1. The first-order valence-electron chi connectivity index (χ1n) is 7.27. The predicted molar refractivity (Wildman–Crippen MR) is 82.7 cm³/mol. The van der Waals surface area contributed by atoms with Crippen LogP contribution in [0.4, 0.5) is 0 Å². The number of aryl methyl sites for hydroxylation is 2. The molecule has 4 heteroatoms. The Hall–Kier alpha value is -1.78. The molecule has 0 fully saturated rings. The van der Waals surface area contributed by atoms with E-state index >= 15 is 0 Å². The smallest absolute Gasteiger partial charge is 0.125 e. The summed E-state index contributed by atoms with van der Waals surface area (Å²) in [5, 5.41) is 13.1. The molecule has 0 bridgehead atoms. The SMILES string of the molecule is Cc1cccc(C)c1OCC(O)CNCCc1ccco1. The van der Waals surface area contributed by atoms with E-state index < -0.39 is 6.10 Å². The minimum atomic E-state index is -0.527. The summed E-state index contributed by atoms with van der Waals surface area (Å²) >= 11 is 0. The highest BCUT2D eigenvalue weighted by Gasteiger charge is 2.08. The van der Waals surface area contributed by atoms with E-state index in [9.17, 15) is 5.11 Å².